The molecule has 1 N–H and O–H groups in total. The number of hydrogen-bond acceptors (Lipinski definition) is 8. The number of fused-ring (bicyclic) bond motifs is 2. The van der Waals surface area contributed by atoms with Gasteiger partial charge in [-0.1, -0.05) is 18.2 Å². The zero-order valence-corrected chi connectivity index (χ0v) is 19.2. The summed E-state index contributed by atoms with van der Waals surface area (Å²) in [6, 6.07) is 14.2. The lowest BCUT2D eigenvalue weighted by Gasteiger charge is -2.13. The molecule has 0 spiro atoms. The number of furan rings is 1. The van der Waals surface area contributed by atoms with E-state index >= 15 is 0 Å². The minimum absolute atomic E-state index is 0.0734. The monoisotopic (exact) mass is 484 g/mol. The van der Waals surface area contributed by atoms with Gasteiger partial charge in [0.15, 0.2) is 5.75 Å². The smallest absolute Gasteiger partial charge is 0.380 e. The van der Waals surface area contributed by atoms with Crippen LogP contribution in [0.3, 0.4) is 0 Å². The van der Waals surface area contributed by atoms with Crippen LogP contribution < -0.4 is 10.2 Å². The first kappa shape index (κ1) is 22.9. The molecule has 5 rings (SSSR count). The number of carbonyl (C=O) groups excluding carboxylic acids is 2. The maximum atomic E-state index is 13.0. The summed E-state index contributed by atoms with van der Waals surface area (Å²) in [6.07, 6.45) is 3.56. The van der Waals surface area contributed by atoms with Gasteiger partial charge in [0, 0.05) is 46.8 Å². The maximum absolute atomic E-state index is 13.0. The summed E-state index contributed by atoms with van der Waals surface area (Å²) < 4.78 is 11.5. The van der Waals surface area contributed by atoms with Gasteiger partial charge in [0.2, 0.25) is 5.76 Å². The van der Waals surface area contributed by atoms with Crippen LogP contribution in [0, 0.1) is 17.0 Å². The molecule has 0 aliphatic heterocycles. The Labute approximate surface area is 204 Å². The van der Waals surface area contributed by atoms with Crippen LogP contribution >= 0.6 is 0 Å². The zero-order valence-electron chi connectivity index (χ0n) is 19.2. The molecule has 0 radical (unpaired) electrons. The minimum Gasteiger partial charge on any atom is -0.453 e. The second kappa shape index (κ2) is 9.41. The van der Waals surface area contributed by atoms with Gasteiger partial charge in [-0.15, -0.1) is 0 Å². The fourth-order valence-corrected chi connectivity index (χ4v) is 4.20. The van der Waals surface area contributed by atoms with Gasteiger partial charge < -0.3 is 9.15 Å². The molecule has 0 unspecified atom stereocenters. The number of ether oxygens (including phenoxy) is 1. The SMILES string of the molecule is Cc1c(C(=O)Oc2cccc3cccnc23)oc2c1/C(=N/NC(=O)c1ccc([N+](=O)[O-])cc1)CCC2. The van der Waals surface area contributed by atoms with Gasteiger partial charge in [-0.25, -0.2) is 10.2 Å². The van der Waals surface area contributed by atoms with Crippen LogP contribution in [0.5, 0.6) is 5.75 Å². The Morgan fingerprint density at radius 3 is 2.67 bits per heavy atom. The summed E-state index contributed by atoms with van der Waals surface area (Å²) in [6.45, 7) is 1.75. The number of amides is 1. The Morgan fingerprint density at radius 1 is 1.11 bits per heavy atom. The largest absolute Gasteiger partial charge is 0.453 e. The Hall–Kier alpha value is -4.86. The second-order valence-corrected chi connectivity index (χ2v) is 8.23. The summed E-state index contributed by atoms with van der Waals surface area (Å²) in [5.41, 5.74) is 5.02. The number of aromatic nitrogens is 1. The van der Waals surface area contributed by atoms with Crippen molar-refractivity contribution in [2.45, 2.75) is 26.2 Å². The fraction of sp³-hybridized carbons (Fsp3) is 0.154. The Kier molecular flexibility index (Phi) is 5.99. The number of nitrogens with zero attached hydrogens (tertiary/aromatic N) is 3. The van der Waals surface area contributed by atoms with Crippen molar-refractivity contribution in [3.63, 3.8) is 0 Å². The van der Waals surface area contributed by atoms with Gasteiger partial charge >= 0.3 is 5.97 Å². The summed E-state index contributed by atoms with van der Waals surface area (Å²) >= 11 is 0. The molecule has 4 aromatic rings. The Morgan fingerprint density at radius 2 is 1.89 bits per heavy atom. The van der Waals surface area contributed by atoms with Crippen LogP contribution in [0.4, 0.5) is 5.69 Å². The van der Waals surface area contributed by atoms with E-state index in [0.717, 1.165) is 11.8 Å². The third kappa shape index (κ3) is 4.31. The fourth-order valence-electron chi connectivity index (χ4n) is 4.20. The van der Waals surface area contributed by atoms with E-state index in [0.29, 0.717) is 46.7 Å². The summed E-state index contributed by atoms with van der Waals surface area (Å²) in [4.78, 5) is 40.1. The van der Waals surface area contributed by atoms with Crippen molar-refractivity contribution in [2.24, 2.45) is 5.10 Å². The van der Waals surface area contributed by atoms with Gasteiger partial charge in [-0.2, -0.15) is 5.10 Å². The molecule has 10 nitrogen and oxygen atoms in total. The Bertz CT molecular complexity index is 1530. The summed E-state index contributed by atoms with van der Waals surface area (Å²) in [7, 11) is 0. The highest BCUT2D eigenvalue weighted by Crippen LogP contribution is 2.31. The lowest BCUT2D eigenvalue weighted by molar-refractivity contribution is -0.384. The molecular formula is C26H20N4O6. The van der Waals surface area contributed by atoms with Gasteiger partial charge in [0.1, 0.15) is 11.3 Å². The zero-order chi connectivity index (χ0) is 25.2. The number of non-ortho nitro benzene ring substituents is 1. The number of benzene rings is 2. The third-order valence-electron chi connectivity index (χ3n) is 5.94. The number of nitro benzene ring substituents is 1. The van der Waals surface area contributed by atoms with E-state index in [-0.39, 0.29) is 17.0 Å². The number of nitrogens with one attached hydrogen (secondary N) is 1. The molecule has 36 heavy (non-hydrogen) atoms. The van der Waals surface area contributed by atoms with Crippen LogP contribution in [0.2, 0.25) is 0 Å². The standard InChI is InChI=1S/C26H20N4O6/c1-15-22-19(28-29-25(31)17-10-12-18(13-11-17)30(33)34)7-3-8-20(22)35-24(15)26(32)36-21-9-2-5-16-6-4-14-27-23(16)21/h2,4-6,9-14H,3,7-8H2,1H3,(H,29,31)/b28-19+. The molecule has 1 aliphatic carbocycles. The van der Waals surface area contributed by atoms with Crippen LogP contribution in [-0.2, 0) is 6.42 Å². The van der Waals surface area contributed by atoms with E-state index in [2.05, 4.69) is 15.5 Å². The van der Waals surface area contributed by atoms with E-state index in [9.17, 15) is 19.7 Å². The topological polar surface area (TPSA) is 137 Å². The molecule has 0 atom stereocenters. The number of hydrogen-bond donors (Lipinski definition) is 1. The van der Waals surface area contributed by atoms with E-state index in [1.807, 2.05) is 12.1 Å². The molecule has 2 aromatic heterocycles. The number of esters is 1. The Balaban J connectivity index is 1.38. The van der Waals surface area contributed by atoms with Crippen molar-refractivity contribution < 1.29 is 23.7 Å². The molecule has 2 aromatic carbocycles. The van der Waals surface area contributed by atoms with E-state index in [1.54, 1.807) is 31.3 Å². The molecule has 0 saturated heterocycles. The quantitative estimate of drug-likeness (QED) is 0.187. The van der Waals surface area contributed by atoms with Gasteiger partial charge in [0.25, 0.3) is 11.6 Å². The number of carbonyl (C=O) groups is 2. The first-order valence-electron chi connectivity index (χ1n) is 11.2. The number of nitro groups is 1. The van der Waals surface area contributed by atoms with Gasteiger partial charge in [0.05, 0.1) is 10.6 Å². The highest BCUT2D eigenvalue weighted by Gasteiger charge is 2.29. The lowest BCUT2D eigenvalue weighted by Crippen LogP contribution is -2.22. The molecule has 180 valence electrons. The van der Waals surface area contributed by atoms with Gasteiger partial charge in [-0.3, -0.25) is 19.9 Å². The minimum atomic E-state index is -0.644. The molecule has 1 amide bonds. The first-order chi connectivity index (χ1) is 17.4. The lowest BCUT2D eigenvalue weighted by atomic mass is 9.93. The number of para-hydroxylation sites is 1. The average Bonchev–Trinajstić information content (AvgIpc) is 3.24. The van der Waals surface area contributed by atoms with Crippen molar-refractivity contribution in [1.82, 2.24) is 10.4 Å². The highest BCUT2D eigenvalue weighted by molar-refractivity contribution is 6.07. The molecule has 10 heteroatoms. The number of hydrazone groups is 1. The molecule has 1 aliphatic rings. The molecule has 0 saturated carbocycles. The maximum Gasteiger partial charge on any atom is 0.380 e. The predicted octanol–water partition coefficient (Wildman–Crippen LogP) is 4.73. The summed E-state index contributed by atoms with van der Waals surface area (Å²) in [5, 5.41) is 15.9. The molecular weight excluding hydrogens is 464 g/mol. The molecule has 0 fully saturated rings. The molecule has 0 bridgehead atoms. The van der Waals surface area contributed by atoms with Crippen LogP contribution in [-0.4, -0.2) is 27.5 Å². The van der Waals surface area contributed by atoms with Crippen molar-refractivity contribution in [3.05, 3.63) is 99.1 Å². The van der Waals surface area contributed by atoms with Crippen molar-refractivity contribution in [3.8, 4) is 5.75 Å². The predicted molar refractivity (Wildman–Crippen MR) is 130 cm³/mol. The van der Waals surface area contributed by atoms with Gasteiger partial charge in [-0.05, 0) is 44.0 Å². The third-order valence-corrected chi connectivity index (χ3v) is 5.94. The normalized spacial score (nSPS) is 13.9. The number of rotatable bonds is 5. The van der Waals surface area contributed by atoms with Crippen molar-refractivity contribution in [1.29, 1.82) is 0 Å². The van der Waals surface area contributed by atoms with Crippen LogP contribution in [0.25, 0.3) is 10.9 Å². The van der Waals surface area contributed by atoms with Crippen molar-refractivity contribution >= 4 is 34.2 Å². The van der Waals surface area contributed by atoms with E-state index in [1.165, 1.54) is 24.3 Å². The highest BCUT2D eigenvalue weighted by atomic mass is 16.6. The second-order valence-electron chi connectivity index (χ2n) is 8.23. The summed E-state index contributed by atoms with van der Waals surface area (Å²) in [5.74, 6) is -0.145. The van der Waals surface area contributed by atoms with E-state index < -0.39 is 16.8 Å². The van der Waals surface area contributed by atoms with E-state index in [4.69, 9.17) is 9.15 Å². The molecule has 2 heterocycles. The van der Waals surface area contributed by atoms with Crippen LogP contribution in [0.15, 0.2) is 70.3 Å². The first-order valence-corrected chi connectivity index (χ1v) is 11.2. The van der Waals surface area contributed by atoms with Crippen molar-refractivity contribution in [2.75, 3.05) is 0 Å². The number of aryl methyl sites for hydroxylation is 1. The average molecular weight is 484 g/mol. The number of pyridine rings is 1. The van der Waals surface area contributed by atoms with Crippen LogP contribution in [0.1, 0.15) is 50.6 Å².